The van der Waals surface area contributed by atoms with Crippen LogP contribution >= 0.6 is 23.2 Å². The maximum atomic E-state index is 6.16. The fourth-order valence-electron chi connectivity index (χ4n) is 1.87. The van der Waals surface area contributed by atoms with Crippen molar-refractivity contribution < 1.29 is 4.74 Å². The van der Waals surface area contributed by atoms with Crippen molar-refractivity contribution in [3.8, 4) is 0 Å². The number of aromatic nitrogens is 1. The molecule has 1 aromatic rings. The van der Waals surface area contributed by atoms with Gasteiger partial charge < -0.3 is 15.4 Å². The van der Waals surface area contributed by atoms with Gasteiger partial charge in [0.25, 0.3) is 0 Å². The van der Waals surface area contributed by atoms with Gasteiger partial charge in [-0.25, -0.2) is 4.98 Å². The van der Waals surface area contributed by atoms with E-state index in [9.17, 15) is 0 Å². The molecular formula is C11H15Cl2N3O. The highest BCUT2D eigenvalue weighted by atomic mass is 35.5. The molecule has 0 amide bonds. The van der Waals surface area contributed by atoms with Crippen molar-refractivity contribution in [2.45, 2.75) is 19.1 Å². The number of pyridine rings is 1. The van der Waals surface area contributed by atoms with Gasteiger partial charge in [0.05, 0.1) is 28.8 Å². The summed E-state index contributed by atoms with van der Waals surface area (Å²) in [7, 11) is 0. The maximum absolute atomic E-state index is 6.16. The Morgan fingerprint density at radius 3 is 3.00 bits per heavy atom. The van der Waals surface area contributed by atoms with Crippen LogP contribution in [0.25, 0.3) is 0 Å². The summed E-state index contributed by atoms with van der Waals surface area (Å²) in [5.41, 5.74) is 5.62. The zero-order chi connectivity index (χ0) is 12.4. The number of nitrogens with zero attached hydrogens (tertiary/aromatic N) is 2. The summed E-state index contributed by atoms with van der Waals surface area (Å²) in [6, 6.07) is 1.93. The Bertz CT molecular complexity index is 402. The fourth-order valence-corrected chi connectivity index (χ4v) is 2.36. The van der Waals surface area contributed by atoms with Crippen LogP contribution in [-0.2, 0) is 4.74 Å². The van der Waals surface area contributed by atoms with Crippen molar-refractivity contribution in [3.05, 3.63) is 22.3 Å². The van der Waals surface area contributed by atoms with Gasteiger partial charge in [-0.3, -0.25) is 0 Å². The zero-order valence-corrected chi connectivity index (χ0v) is 11.1. The normalized spacial score (nSPS) is 25.1. The molecule has 1 aromatic heterocycles. The molecule has 0 radical (unpaired) electrons. The predicted octanol–water partition coefficient (Wildman–Crippen LogP) is 1.94. The Balaban J connectivity index is 2.24. The largest absolute Gasteiger partial charge is 0.373 e. The highest BCUT2D eigenvalue weighted by molar-refractivity contribution is 6.36. The number of ether oxygens (including phenoxy) is 1. The second-order valence-electron chi connectivity index (χ2n) is 4.15. The molecule has 0 aliphatic carbocycles. The summed E-state index contributed by atoms with van der Waals surface area (Å²) in [6.45, 7) is 3.89. The van der Waals surface area contributed by atoms with Crippen LogP contribution in [0.1, 0.15) is 6.92 Å². The lowest BCUT2D eigenvalue weighted by molar-refractivity contribution is 0.0280. The molecule has 2 unspecified atom stereocenters. The quantitative estimate of drug-likeness (QED) is 0.897. The number of nitrogens with two attached hydrogens (primary N) is 1. The molecule has 0 saturated carbocycles. The molecule has 1 fully saturated rings. The van der Waals surface area contributed by atoms with Crippen LogP contribution in [0.5, 0.6) is 0 Å². The number of hydrogen-bond donors (Lipinski definition) is 1. The average Bonchev–Trinajstić information content (AvgIpc) is 2.30. The second-order valence-corrected chi connectivity index (χ2v) is 5.00. The van der Waals surface area contributed by atoms with Gasteiger partial charge in [0.15, 0.2) is 0 Å². The van der Waals surface area contributed by atoms with E-state index in [4.69, 9.17) is 33.7 Å². The number of morpholine rings is 1. The Hall–Kier alpha value is -0.550. The number of hydrogen-bond acceptors (Lipinski definition) is 4. The number of anilines is 1. The van der Waals surface area contributed by atoms with E-state index in [1.165, 1.54) is 0 Å². The molecule has 0 bridgehead atoms. The molecule has 4 nitrogen and oxygen atoms in total. The molecule has 2 rings (SSSR count). The third-order valence-electron chi connectivity index (χ3n) is 2.83. The molecule has 17 heavy (non-hydrogen) atoms. The molecule has 94 valence electrons. The highest BCUT2D eigenvalue weighted by Crippen LogP contribution is 2.29. The molecule has 0 spiro atoms. The number of rotatable bonds is 2. The topological polar surface area (TPSA) is 51.4 Å². The molecular weight excluding hydrogens is 261 g/mol. The maximum Gasteiger partial charge on any atom is 0.147 e. The van der Waals surface area contributed by atoms with Gasteiger partial charge in [-0.1, -0.05) is 23.2 Å². The van der Waals surface area contributed by atoms with Crippen LogP contribution in [-0.4, -0.2) is 36.8 Å². The van der Waals surface area contributed by atoms with Crippen molar-refractivity contribution in [3.63, 3.8) is 0 Å². The van der Waals surface area contributed by atoms with Crippen LogP contribution < -0.4 is 10.6 Å². The first-order valence-corrected chi connectivity index (χ1v) is 6.26. The van der Waals surface area contributed by atoms with Crippen molar-refractivity contribution in [1.82, 2.24) is 4.98 Å². The number of halogens is 2. The van der Waals surface area contributed by atoms with Crippen molar-refractivity contribution in [2.24, 2.45) is 5.73 Å². The third-order valence-corrected chi connectivity index (χ3v) is 3.31. The summed E-state index contributed by atoms with van der Waals surface area (Å²) in [6.07, 6.45) is 1.63. The Morgan fingerprint density at radius 2 is 2.35 bits per heavy atom. The first kappa shape index (κ1) is 12.9. The minimum Gasteiger partial charge on any atom is -0.373 e. The zero-order valence-electron chi connectivity index (χ0n) is 9.57. The van der Waals surface area contributed by atoms with E-state index in [-0.39, 0.29) is 12.1 Å². The third kappa shape index (κ3) is 2.83. The fraction of sp³-hybridized carbons (Fsp3) is 0.545. The molecule has 6 heteroatoms. The molecule has 1 aliphatic heterocycles. The van der Waals surface area contributed by atoms with Gasteiger partial charge in [0, 0.05) is 19.3 Å². The van der Waals surface area contributed by atoms with Gasteiger partial charge in [-0.2, -0.15) is 0 Å². The Morgan fingerprint density at radius 1 is 1.59 bits per heavy atom. The highest BCUT2D eigenvalue weighted by Gasteiger charge is 2.27. The van der Waals surface area contributed by atoms with Gasteiger partial charge in [-0.05, 0) is 13.0 Å². The van der Waals surface area contributed by atoms with Crippen molar-refractivity contribution >= 4 is 29.0 Å². The van der Waals surface area contributed by atoms with E-state index in [2.05, 4.69) is 16.8 Å². The van der Waals surface area contributed by atoms with Gasteiger partial charge in [0.1, 0.15) is 5.82 Å². The van der Waals surface area contributed by atoms with Crippen molar-refractivity contribution in [2.75, 3.05) is 24.6 Å². The lowest BCUT2D eigenvalue weighted by atomic mass is 10.2. The lowest BCUT2D eigenvalue weighted by Crippen LogP contribution is -2.51. The van der Waals surface area contributed by atoms with Crippen LogP contribution in [0.3, 0.4) is 0 Å². The Kier molecular flexibility index (Phi) is 4.09. The summed E-state index contributed by atoms with van der Waals surface area (Å²) < 4.78 is 5.59. The molecule has 1 saturated heterocycles. The minimum absolute atomic E-state index is 0.0275. The monoisotopic (exact) mass is 275 g/mol. The lowest BCUT2D eigenvalue weighted by Gasteiger charge is -2.38. The standard InChI is InChI=1S/C11H15Cl2N3O/c1-7-6-17-9(3-14)5-16(7)11-10(13)2-8(12)4-15-11/h2,4,7,9H,3,5-6,14H2,1H3. The van der Waals surface area contributed by atoms with E-state index < -0.39 is 0 Å². The minimum atomic E-state index is 0.0275. The van der Waals surface area contributed by atoms with Crippen LogP contribution in [0.15, 0.2) is 12.3 Å². The Labute approximate surface area is 111 Å². The van der Waals surface area contributed by atoms with E-state index in [1.807, 2.05) is 0 Å². The second kappa shape index (κ2) is 5.40. The smallest absolute Gasteiger partial charge is 0.147 e. The summed E-state index contributed by atoms with van der Waals surface area (Å²) in [5.74, 6) is 0.741. The molecule has 0 aromatic carbocycles. The van der Waals surface area contributed by atoms with Gasteiger partial charge in [0.2, 0.25) is 0 Å². The van der Waals surface area contributed by atoms with E-state index >= 15 is 0 Å². The first-order chi connectivity index (χ1) is 8.11. The predicted molar refractivity (Wildman–Crippen MR) is 69.9 cm³/mol. The average molecular weight is 276 g/mol. The van der Waals surface area contributed by atoms with E-state index in [1.54, 1.807) is 12.3 Å². The molecule has 2 N–H and O–H groups in total. The summed E-state index contributed by atoms with van der Waals surface area (Å²) in [4.78, 5) is 6.40. The van der Waals surface area contributed by atoms with E-state index in [0.29, 0.717) is 29.7 Å². The SMILES string of the molecule is CC1COC(CN)CN1c1ncc(Cl)cc1Cl. The molecule has 1 aliphatic rings. The molecule has 2 heterocycles. The summed E-state index contributed by atoms with van der Waals surface area (Å²) in [5, 5.41) is 1.09. The van der Waals surface area contributed by atoms with Gasteiger partial charge in [-0.15, -0.1) is 0 Å². The van der Waals surface area contributed by atoms with E-state index in [0.717, 1.165) is 5.82 Å². The first-order valence-electron chi connectivity index (χ1n) is 5.51. The van der Waals surface area contributed by atoms with Gasteiger partial charge >= 0.3 is 0 Å². The summed E-state index contributed by atoms with van der Waals surface area (Å²) >= 11 is 12.0. The van der Waals surface area contributed by atoms with Crippen molar-refractivity contribution in [1.29, 1.82) is 0 Å². The van der Waals surface area contributed by atoms with Crippen LogP contribution in [0.2, 0.25) is 10.0 Å². The molecule has 2 atom stereocenters. The van der Waals surface area contributed by atoms with Crippen LogP contribution in [0, 0.1) is 0 Å². The van der Waals surface area contributed by atoms with Crippen LogP contribution in [0.4, 0.5) is 5.82 Å².